The molecular weight excluding hydrogens is 275 g/mol. The van der Waals surface area contributed by atoms with Crippen LogP contribution in [0.3, 0.4) is 0 Å². The van der Waals surface area contributed by atoms with Gasteiger partial charge in [-0.2, -0.15) is 0 Å². The van der Waals surface area contributed by atoms with Crippen LogP contribution >= 0.6 is 0 Å². The van der Waals surface area contributed by atoms with E-state index in [1.807, 2.05) is 0 Å². The van der Waals surface area contributed by atoms with Crippen LogP contribution in [0.15, 0.2) is 30.3 Å². The van der Waals surface area contributed by atoms with E-state index in [-0.39, 0.29) is 5.59 Å². The molecule has 0 unspecified atom stereocenters. The van der Waals surface area contributed by atoms with Crippen LogP contribution in [-0.2, 0) is 9.31 Å². The summed E-state index contributed by atoms with van der Waals surface area (Å²) in [6.07, 6.45) is -0.616. The molecule has 22 heavy (non-hydrogen) atoms. The number of imidazole rings is 1. The lowest BCUT2D eigenvalue weighted by atomic mass is 9.86. The summed E-state index contributed by atoms with van der Waals surface area (Å²) in [4.78, 5) is 4.04. The van der Waals surface area contributed by atoms with Crippen molar-refractivity contribution in [1.29, 1.82) is 0 Å². The minimum Gasteiger partial charge on any atom is -0.398 e. The van der Waals surface area contributed by atoms with Crippen LogP contribution < -0.4 is 5.59 Å². The summed E-state index contributed by atoms with van der Waals surface area (Å²) in [5.74, 6) is -0.743. The topological polar surface area (TPSA) is 36.3 Å². The smallest absolute Gasteiger partial charge is 0.398 e. The number of aryl methyl sites for hydroxylation is 1. The van der Waals surface area contributed by atoms with E-state index in [4.69, 9.17) is 24.4 Å². The third-order valence-electron chi connectivity index (χ3n) is 4.03. The highest BCUT2D eigenvalue weighted by molar-refractivity contribution is 6.61. The van der Waals surface area contributed by atoms with E-state index in [1.54, 1.807) is 27.7 Å². The lowest BCUT2D eigenvalue weighted by Gasteiger charge is -2.32. The Kier molecular flexibility index (Phi) is 1.56. The summed E-state index contributed by atoms with van der Waals surface area (Å²) in [6.45, 7) is 0.994. The SMILES string of the molecule is [2H]c1c([2H])c([2H])c(C([2H])([2H])[2H])c(-n2c(C([2H])([2H])[2H])nc(B3OC(C)(C)C(C)(C)O3)c2[2H])c1[2H]. The first-order valence-electron chi connectivity index (χ1n) is 12.3. The fraction of sp³-hybridized carbons (Fsp3) is 0.471. The lowest BCUT2D eigenvalue weighted by molar-refractivity contribution is 0.00578. The Morgan fingerprint density at radius 2 is 1.82 bits per heavy atom. The van der Waals surface area contributed by atoms with Gasteiger partial charge in [0.2, 0.25) is 0 Å². The van der Waals surface area contributed by atoms with Gasteiger partial charge in [-0.15, -0.1) is 0 Å². The molecule has 0 spiro atoms. The number of hydrogen-bond donors (Lipinski definition) is 0. The molecule has 2 aromatic rings. The first-order valence-corrected chi connectivity index (χ1v) is 6.79. The average molecular weight is 309 g/mol. The molecular formula is C17H23BN2O2. The van der Waals surface area contributed by atoms with E-state index in [0.29, 0.717) is 4.57 Å². The molecule has 0 radical (unpaired) electrons. The first kappa shape index (κ1) is 6.89. The Bertz CT molecular complexity index is 1110. The average Bonchev–Trinajstić information content (AvgIpc) is 3.08. The molecule has 1 fully saturated rings. The number of benzene rings is 1. The predicted molar refractivity (Wildman–Crippen MR) is 88.8 cm³/mol. The van der Waals surface area contributed by atoms with Crippen molar-refractivity contribution in [2.75, 3.05) is 0 Å². The van der Waals surface area contributed by atoms with Gasteiger partial charge in [0.05, 0.1) is 23.6 Å². The van der Waals surface area contributed by atoms with Crippen molar-refractivity contribution in [3.05, 3.63) is 41.7 Å². The molecule has 1 aliphatic rings. The zero-order valence-electron chi connectivity index (χ0n) is 23.8. The van der Waals surface area contributed by atoms with E-state index >= 15 is 0 Å². The Hall–Kier alpha value is -1.59. The van der Waals surface area contributed by atoms with Crippen LogP contribution in [-0.4, -0.2) is 27.9 Å². The van der Waals surface area contributed by atoms with E-state index in [2.05, 4.69) is 4.98 Å². The third kappa shape index (κ3) is 2.38. The number of nitrogens with zero attached hydrogens (tertiary/aromatic N) is 2. The van der Waals surface area contributed by atoms with Gasteiger partial charge in [0.1, 0.15) is 5.82 Å². The van der Waals surface area contributed by atoms with Crippen LogP contribution in [0, 0.1) is 13.7 Å². The van der Waals surface area contributed by atoms with Crippen LogP contribution in [0.5, 0.6) is 0 Å². The van der Waals surface area contributed by atoms with Crippen molar-refractivity contribution < 1.29 is 24.4 Å². The lowest BCUT2D eigenvalue weighted by Crippen LogP contribution is -2.41. The fourth-order valence-electron chi connectivity index (χ4n) is 2.05. The highest BCUT2D eigenvalue weighted by Crippen LogP contribution is 2.36. The van der Waals surface area contributed by atoms with Gasteiger partial charge in [0.25, 0.3) is 0 Å². The van der Waals surface area contributed by atoms with E-state index in [0.717, 1.165) is 0 Å². The third-order valence-corrected chi connectivity index (χ3v) is 4.03. The molecule has 1 saturated heterocycles. The van der Waals surface area contributed by atoms with Crippen molar-refractivity contribution in [3.63, 3.8) is 0 Å². The van der Waals surface area contributed by atoms with Gasteiger partial charge >= 0.3 is 7.12 Å². The molecule has 0 aliphatic carbocycles. The maximum atomic E-state index is 8.66. The number of para-hydroxylation sites is 1. The quantitative estimate of drug-likeness (QED) is 0.800. The number of aromatic nitrogens is 2. The van der Waals surface area contributed by atoms with Crippen LogP contribution in [0.25, 0.3) is 5.69 Å². The molecule has 3 rings (SSSR count). The second kappa shape index (κ2) is 4.96. The molecule has 1 aromatic heterocycles. The summed E-state index contributed by atoms with van der Waals surface area (Å²) in [5.41, 5.74) is -3.41. The Morgan fingerprint density at radius 1 is 1.14 bits per heavy atom. The molecule has 0 atom stereocenters. The summed E-state index contributed by atoms with van der Waals surface area (Å²) < 4.78 is 101. The van der Waals surface area contributed by atoms with Gasteiger partial charge in [-0.1, -0.05) is 18.1 Å². The zero-order chi connectivity index (χ0) is 25.5. The summed E-state index contributed by atoms with van der Waals surface area (Å²) >= 11 is 0. The molecule has 0 bridgehead atoms. The van der Waals surface area contributed by atoms with Gasteiger partial charge in [-0.25, -0.2) is 4.98 Å². The van der Waals surface area contributed by atoms with Gasteiger partial charge in [-0.3, -0.25) is 0 Å². The van der Waals surface area contributed by atoms with Crippen LogP contribution in [0.4, 0.5) is 0 Å². The standard InChI is InChI=1S/C17H23BN2O2/c1-12-9-7-8-10-14(12)20-11-15(19-13(20)2)18-21-16(3,4)17(5,6)22-18/h7-11H,1-6H3/i1D3,2D3,7D,8D,9D,10D,11D. The fourth-order valence-corrected chi connectivity index (χ4v) is 2.05. The Labute approximate surface area is 148 Å². The second-order valence-electron chi connectivity index (χ2n) is 6.08. The van der Waals surface area contributed by atoms with Crippen LogP contribution in [0.2, 0.25) is 0 Å². The molecule has 0 N–H and O–H groups in total. The molecule has 1 aliphatic heterocycles. The van der Waals surface area contributed by atoms with Crippen molar-refractivity contribution >= 4 is 12.7 Å². The van der Waals surface area contributed by atoms with Crippen LogP contribution in [0.1, 0.15) is 54.2 Å². The summed E-state index contributed by atoms with van der Waals surface area (Å²) in [5, 5.41) is 0. The number of rotatable bonds is 2. The Morgan fingerprint density at radius 3 is 2.45 bits per heavy atom. The second-order valence-corrected chi connectivity index (χ2v) is 6.08. The van der Waals surface area contributed by atoms with Gasteiger partial charge in [-0.05, 0) is 53.0 Å². The van der Waals surface area contributed by atoms with E-state index in [9.17, 15) is 0 Å². The monoisotopic (exact) mass is 309 g/mol. The summed E-state index contributed by atoms with van der Waals surface area (Å²) in [7, 11) is -1.25. The largest absolute Gasteiger partial charge is 0.516 e. The van der Waals surface area contributed by atoms with Gasteiger partial charge < -0.3 is 13.9 Å². The van der Waals surface area contributed by atoms with Crippen molar-refractivity contribution in [1.82, 2.24) is 9.55 Å². The maximum absolute atomic E-state index is 8.66. The normalized spacial score (nSPS) is 28.0. The van der Waals surface area contributed by atoms with E-state index < -0.39 is 79.4 Å². The highest BCUT2D eigenvalue weighted by Gasteiger charge is 2.52. The molecule has 1 aromatic carbocycles. The van der Waals surface area contributed by atoms with Gasteiger partial charge in [0, 0.05) is 20.1 Å². The highest BCUT2D eigenvalue weighted by atomic mass is 16.7. The van der Waals surface area contributed by atoms with Crippen molar-refractivity contribution in [3.8, 4) is 5.69 Å². The predicted octanol–water partition coefficient (Wildman–Crippen LogP) is 2.79. The zero-order valence-corrected chi connectivity index (χ0v) is 12.8. The minimum atomic E-state index is -3.04. The molecule has 0 amide bonds. The van der Waals surface area contributed by atoms with E-state index in [1.165, 1.54) is 0 Å². The van der Waals surface area contributed by atoms with Crippen molar-refractivity contribution in [2.24, 2.45) is 0 Å². The molecule has 0 saturated carbocycles. The minimum absolute atomic E-state index is 0.247. The van der Waals surface area contributed by atoms with Gasteiger partial charge in [0.15, 0.2) is 0 Å². The summed E-state index contributed by atoms with van der Waals surface area (Å²) in [6, 6.07) is -3.22. The number of hydrogen-bond acceptors (Lipinski definition) is 3. The molecule has 116 valence electrons. The molecule has 5 heteroatoms. The molecule has 4 nitrogen and oxygen atoms in total. The maximum Gasteiger partial charge on any atom is 0.516 e. The van der Waals surface area contributed by atoms with Crippen molar-refractivity contribution in [2.45, 2.75) is 52.6 Å². The first-order chi connectivity index (χ1) is 14.7. The Balaban J connectivity index is 2.41. The molecule has 2 heterocycles.